The molecule has 0 aliphatic carbocycles. The van der Waals surface area contributed by atoms with Gasteiger partial charge in [-0.25, -0.2) is 4.98 Å². The van der Waals surface area contributed by atoms with Crippen LogP contribution in [0, 0.1) is 6.92 Å². The molecule has 3 nitrogen and oxygen atoms in total. The fraction of sp³-hybridized carbons (Fsp3) is 0.550. The molecule has 2 aromatic rings. The molecule has 1 N–H and O–H groups in total. The zero-order chi connectivity index (χ0) is 17.3. The van der Waals surface area contributed by atoms with Gasteiger partial charge in [-0.2, -0.15) is 0 Å². The average Bonchev–Trinajstić information content (AvgIpc) is 2.49. The summed E-state index contributed by atoms with van der Waals surface area (Å²) in [6.45, 7) is 9.66. The van der Waals surface area contributed by atoms with Crippen LogP contribution < -0.4 is 10.1 Å². The van der Waals surface area contributed by atoms with Gasteiger partial charge in [0.25, 0.3) is 0 Å². The maximum Gasteiger partial charge on any atom is 0.130 e. The molecule has 1 atom stereocenters. The average molecular weight is 347 g/mol. The summed E-state index contributed by atoms with van der Waals surface area (Å²) in [4.78, 5) is 4.51. The van der Waals surface area contributed by atoms with E-state index in [0.717, 1.165) is 35.2 Å². The van der Waals surface area contributed by atoms with Crippen molar-refractivity contribution >= 4 is 22.5 Å². The number of benzene rings is 1. The summed E-state index contributed by atoms with van der Waals surface area (Å²) in [7, 11) is 0. The molecule has 2 heterocycles. The molecule has 1 aromatic carbocycles. The van der Waals surface area contributed by atoms with Gasteiger partial charge in [-0.1, -0.05) is 31.4 Å². The third-order valence-electron chi connectivity index (χ3n) is 4.74. The quantitative estimate of drug-likeness (QED) is 0.567. The lowest BCUT2D eigenvalue weighted by atomic mass is 9.88. The first kappa shape index (κ1) is 17.5. The molecule has 0 spiro atoms. The molecule has 1 aromatic heterocycles. The predicted octanol–water partition coefficient (Wildman–Crippen LogP) is 5.58. The van der Waals surface area contributed by atoms with E-state index in [1.165, 1.54) is 24.8 Å². The van der Waals surface area contributed by atoms with Gasteiger partial charge in [0.05, 0.1) is 5.52 Å². The molecule has 0 radical (unpaired) electrons. The largest absolute Gasteiger partial charge is 0.487 e. The Bertz CT molecular complexity index is 742. The first-order chi connectivity index (χ1) is 11.4. The number of rotatable bonds is 5. The number of aromatic nitrogens is 1. The number of halogens is 1. The van der Waals surface area contributed by atoms with Crippen LogP contribution in [0.3, 0.4) is 0 Å². The normalized spacial score (nSPS) is 19.1. The number of nitrogens with one attached hydrogen (secondary N) is 1. The third kappa shape index (κ3) is 3.68. The van der Waals surface area contributed by atoms with Gasteiger partial charge in [0.15, 0.2) is 0 Å². The van der Waals surface area contributed by atoms with Gasteiger partial charge >= 0.3 is 0 Å². The monoisotopic (exact) mass is 346 g/mol. The number of ether oxygens (including phenoxy) is 1. The Kier molecular flexibility index (Phi) is 5.03. The molecule has 0 saturated heterocycles. The van der Waals surface area contributed by atoms with Gasteiger partial charge in [-0.05, 0) is 57.5 Å². The van der Waals surface area contributed by atoms with E-state index < -0.39 is 0 Å². The van der Waals surface area contributed by atoms with E-state index in [-0.39, 0.29) is 5.60 Å². The Labute approximate surface area is 149 Å². The molecular weight excluding hydrogens is 320 g/mol. The van der Waals surface area contributed by atoms with E-state index in [2.05, 4.69) is 50.1 Å². The van der Waals surface area contributed by atoms with E-state index in [1.807, 2.05) is 6.07 Å². The van der Waals surface area contributed by atoms with Crippen LogP contribution in [0.4, 0.5) is 0 Å². The fourth-order valence-corrected chi connectivity index (χ4v) is 3.79. The molecule has 0 fully saturated rings. The third-order valence-corrected chi connectivity index (χ3v) is 4.94. The van der Waals surface area contributed by atoms with Crippen molar-refractivity contribution < 1.29 is 4.74 Å². The number of fused-ring (bicyclic) bond motifs is 2. The van der Waals surface area contributed by atoms with E-state index in [9.17, 15) is 0 Å². The molecule has 4 heteroatoms. The summed E-state index contributed by atoms with van der Waals surface area (Å²) in [6.07, 6.45) is 4.67. The molecule has 1 aliphatic heterocycles. The van der Waals surface area contributed by atoms with Crippen LogP contribution in [0.25, 0.3) is 10.9 Å². The van der Waals surface area contributed by atoms with Gasteiger partial charge in [-0.15, -0.1) is 0 Å². The van der Waals surface area contributed by atoms with Gasteiger partial charge in [0.2, 0.25) is 0 Å². The SMILES string of the molecule is CCCCCNC1CC(C)(C)Oc2cc3c(C)cc(Cl)nc3cc21. The number of pyridine rings is 1. The van der Waals surface area contributed by atoms with E-state index in [0.29, 0.717) is 11.2 Å². The fourth-order valence-electron chi connectivity index (χ4n) is 3.53. The van der Waals surface area contributed by atoms with Crippen molar-refractivity contribution in [1.29, 1.82) is 0 Å². The topological polar surface area (TPSA) is 34.1 Å². The minimum absolute atomic E-state index is 0.170. The van der Waals surface area contributed by atoms with Gasteiger partial charge < -0.3 is 10.1 Å². The molecule has 1 unspecified atom stereocenters. The maximum atomic E-state index is 6.27. The number of hydrogen-bond acceptors (Lipinski definition) is 3. The summed E-state index contributed by atoms with van der Waals surface area (Å²) < 4.78 is 6.27. The van der Waals surface area contributed by atoms with Crippen LogP contribution >= 0.6 is 11.6 Å². The van der Waals surface area contributed by atoms with Crippen LogP contribution in [0.15, 0.2) is 18.2 Å². The summed E-state index contributed by atoms with van der Waals surface area (Å²) in [6, 6.07) is 6.48. The Morgan fingerprint density at radius 3 is 2.83 bits per heavy atom. The van der Waals surface area contributed by atoms with Crippen LogP contribution in [-0.4, -0.2) is 17.1 Å². The highest BCUT2D eigenvalue weighted by Gasteiger charge is 2.34. The van der Waals surface area contributed by atoms with E-state index in [1.54, 1.807) is 0 Å². The zero-order valence-electron chi connectivity index (χ0n) is 15.1. The highest BCUT2D eigenvalue weighted by atomic mass is 35.5. The molecular formula is C20H27ClN2O. The standard InChI is InChI=1S/C20H27ClN2O/c1-5-6-7-8-22-17-12-20(3,4)24-18-11-14-13(2)9-19(21)23-16(14)10-15(17)18/h9-11,17,22H,5-8,12H2,1-4H3. The number of nitrogens with zero attached hydrogens (tertiary/aromatic N) is 1. The first-order valence-corrected chi connectivity index (χ1v) is 9.30. The van der Waals surface area contributed by atoms with Crippen LogP contribution in [0.2, 0.25) is 5.15 Å². The van der Waals surface area contributed by atoms with Gasteiger partial charge in [0, 0.05) is 23.4 Å². The predicted molar refractivity (Wildman–Crippen MR) is 101 cm³/mol. The van der Waals surface area contributed by atoms with Crippen molar-refractivity contribution in [2.24, 2.45) is 0 Å². The zero-order valence-corrected chi connectivity index (χ0v) is 15.8. The minimum atomic E-state index is -0.170. The van der Waals surface area contributed by atoms with Crippen LogP contribution in [0.1, 0.15) is 63.6 Å². The van der Waals surface area contributed by atoms with Crippen LogP contribution in [0.5, 0.6) is 5.75 Å². The van der Waals surface area contributed by atoms with E-state index in [4.69, 9.17) is 16.3 Å². The maximum absolute atomic E-state index is 6.27. The summed E-state index contributed by atoms with van der Waals surface area (Å²) in [5, 5.41) is 5.38. The summed E-state index contributed by atoms with van der Waals surface area (Å²) >= 11 is 6.15. The lowest BCUT2D eigenvalue weighted by molar-refractivity contribution is 0.0663. The minimum Gasteiger partial charge on any atom is -0.487 e. The van der Waals surface area contributed by atoms with Crippen molar-refractivity contribution in [3.8, 4) is 5.75 Å². The highest BCUT2D eigenvalue weighted by Crippen LogP contribution is 2.42. The molecule has 0 saturated carbocycles. The Balaban J connectivity index is 1.98. The number of unbranched alkanes of at least 4 members (excludes halogenated alkanes) is 2. The molecule has 1 aliphatic rings. The lowest BCUT2D eigenvalue weighted by Crippen LogP contribution is -2.39. The second kappa shape index (κ2) is 6.89. The molecule has 24 heavy (non-hydrogen) atoms. The van der Waals surface area contributed by atoms with Crippen molar-refractivity contribution in [2.45, 2.75) is 65.0 Å². The van der Waals surface area contributed by atoms with Crippen molar-refractivity contribution in [3.63, 3.8) is 0 Å². The molecule has 3 rings (SSSR count). The van der Waals surface area contributed by atoms with Crippen LogP contribution in [-0.2, 0) is 0 Å². The second-order valence-electron chi connectivity index (χ2n) is 7.45. The highest BCUT2D eigenvalue weighted by molar-refractivity contribution is 6.29. The van der Waals surface area contributed by atoms with Crippen molar-refractivity contribution in [3.05, 3.63) is 34.5 Å². The smallest absolute Gasteiger partial charge is 0.130 e. The number of hydrogen-bond donors (Lipinski definition) is 1. The second-order valence-corrected chi connectivity index (χ2v) is 7.84. The first-order valence-electron chi connectivity index (χ1n) is 8.93. The molecule has 0 bridgehead atoms. The van der Waals surface area contributed by atoms with Crippen molar-refractivity contribution in [2.75, 3.05) is 6.54 Å². The van der Waals surface area contributed by atoms with Crippen molar-refractivity contribution in [1.82, 2.24) is 10.3 Å². The molecule has 130 valence electrons. The lowest BCUT2D eigenvalue weighted by Gasteiger charge is -2.38. The van der Waals surface area contributed by atoms with Gasteiger partial charge in [0.1, 0.15) is 16.5 Å². The Morgan fingerprint density at radius 2 is 2.08 bits per heavy atom. The summed E-state index contributed by atoms with van der Waals surface area (Å²) in [5.41, 5.74) is 3.11. The summed E-state index contributed by atoms with van der Waals surface area (Å²) in [5.74, 6) is 0.971. The Morgan fingerprint density at radius 1 is 1.29 bits per heavy atom. The van der Waals surface area contributed by atoms with E-state index >= 15 is 0 Å². The number of aryl methyl sites for hydroxylation is 1. The Hall–Kier alpha value is -1.32. The van der Waals surface area contributed by atoms with Gasteiger partial charge in [-0.3, -0.25) is 0 Å². The molecule has 0 amide bonds.